The molecule has 0 aromatic heterocycles. The van der Waals surface area contributed by atoms with E-state index in [1.165, 1.54) is 56.4 Å². The maximum absolute atomic E-state index is 13.5. The Kier molecular flexibility index (Phi) is 11.6. The Morgan fingerprint density at radius 3 is 2.20 bits per heavy atom. The molecule has 0 saturated carbocycles. The first-order chi connectivity index (χ1) is 22.2. The van der Waals surface area contributed by atoms with Crippen molar-refractivity contribution < 1.29 is 4.79 Å². The molecule has 1 amide bonds. The number of para-hydroxylation sites is 1. The van der Waals surface area contributed by atoms with E-state index in [1.807, 2.05) is 42.5 Å². The topological polar surface area (TPSA) is 51.2 Å². The SMILES string of the molecule is C.CN(CCCCCN1CCCC1)C1=Nc2ccccc2C(CC(=O)NCc2ccccc2)N1c1ccc(-c2ccccc2)cc1. The lowest BCUT2D eigenvalue weighted by atomic mass is 9.96. The molecule has 1 N–H and O–H groups in total. The number of aliphatic imine (C=N–C) groups is 1. The van der Waals surface area contributed by atoms with Crippen LogP contribution in [0.2, 0.25) is 0 Å². The molecule has 0 spiro atoms. The molecule has 0 aliphatic carbocycles. The van der Waals surface area contributed by atoms with Crippen molar-refractivity contribution in [2.75, 3.05) is 38.1 Å². The molecule has 46 heavy (non-hydrogen) atoms. The molecule has 2 aliphatic rings. The van der Waals surface area contributed by atoms with E-state index in [0.29, 0.717) is 13.0 Å². The lowest BCUT2D eigenvalue weighted by Gasteiger charge is -2.41. The molecule has 6 nitrogen and oxygen atoms in total. The van der Waals surface area contributed by atoms with Gasteiger partial charge >= 0.3 is 0 Å². The summed E-state index contributed by atoms with van der Waals surface area (Å²) in [6.07, 6.45) is 6.55. The lowest BCUT2D eigenvalue weighted by molar-refractivity contribution is -0.121. The fourth-order valence-corrected chi connectivity index (χ4v) is 6.53. The standard InChI is InChI=1S/C39H45N5O.CH4/c1-42(25-11-4-12-26-43-27-13-14-28-43)39-41-36-20-10-9-19-35(36)37(29-38(45)40-30-31-15-5-2-6-16-31)44(39)34-23-21-33(22-24-34)32-17-7-3-8-18-32;/h2-3,5-10,15-24,37H,4,11-14,25-30H2,1H3,(H,40,45);1H4. The van der Waals surface area contributed by atoms with Gasteiger partial charge in [0.15, 0.2) is 0 Å². The minimum absolute atomic E-state index is 0. The molecular formula is C40H49N5O. The van der Waals surface area contributed by atoms with Crippen molar-refractivity contribution in [1.82, 2.24) is 15.1 Å². The van der Waals surface area contributed by atoms with Gasteiger partial charge in [-0.25, -0.2) is 4.99 Å². The van der Waals surface area contributed by atoms with Gasteiger partial charge in [-0.3, -0.25) is 4.79 Å². The minimum atomic E-state index is -0.190. The number of carbonyl (C=O) groups excluding carboxylic acids is 1. The average molecular weight is 616 g/mol. The minimum Gasteiger partial charge on any atom is -0.352 e. The van der Waals surface area contributed by atoms with E-state index in [-0.39, 0.29) is 19.4 Å². The largest absolute Gasteiger partial charge is 0.352 e. The predicted molar refractivity (Wildman–Crippen MR) is 192 cm³/mol. The zero-order valence-electron chi connectivity index (χ0n) is 26.4. The summed E-state index contributed by atoms with van der Waals surface area (Å²) in [5.41, 5.74) is 6.48. The number of hydrogen-bond donors (Lipinski definition) is 1. The molecular weight excluding hydrogens is 566 g/mol. The summed E-state index contributed by atoms with van der Waals surface area (Å²) in [6.45, 7) is 5.14. The van der Waals surface area contributed by atoms with Crippen LogP contribution in [0.15, 0.2) is 114 Å². The number of benzene rings is 4. The Labute approximate surface area is 275 Å². The van der Waals surface area contributed by atoms with Crippen molar-refractivity contribution in [3.8, 4) is 11.1 Å². The van der Waals surface area contributed by atoms with Crippen molar-refractivity contribution >= 4 is 23.2 Å². The maximum Gasteiger partial charge on any atom is 0.222 e. The van der Waals surface area contributed by atoms with Crippen molar-refractivity contribution in [2.24, 2.45) is 4.99 Å². The summed E-state index contributed by atoms with van der Waals surface area (Å²) in [6, 6.07) is 37.3. The second-order valence-electron chi connectivity index (χ2n) is 12.3. The van der Waals surface area contributed by atoms with Crippen molar-refractivity contribution in [3.05, 3.63) is 120 Å². The summed E-state index contributed by atoms with van der Waals surface area (Å²) in [5, 5.41) is 3.17. The number of nitrogens with zero attached hydrogens (tertiary/aromatic N) is 4. The summed E-state index contributed by atoms with van der Waals surface area (Å²) in [5.74, 6) is 0.914. The number of fused-ring (bicyclic) bond motifs is 1. The first-order valence-electron chi connectivity index (χ1n) is 16.5. The van der Waals surface area contributed by atoms with E-state index in [1.54, 1.807) is 0 Å². The zero-order valence-corrected chi connectivity index (χ0v) is 26.4. The Bertz CT molecular complexity index is 1550. The Morgan fingerprint density at radius 1 is 0.804 bits per heavy atom. The van der Waals surface area contributed by atoms with Crippen LogP contribution in [0.3, 0.4) is 0 Å². The number of anilines is 1. The van der Waals surface area contributed by atoms with E-state index >= 15 is 0 Å². The van der Waals surface area contributed by atoms with Gasteiger partial charge < -0.3 is 20.0 Å². The van der Waals surface area contributed by atoms with Crippen LogP contribution in [-0.2, 0) is 11.3 Å². The maximum atomic E-state index is 13.5. The summed E-state index contributed by atoms with van der Waals surface area (Å²) >= 11 is 0. The van der Waals surface area contributed by atoms with E-state index in [4.69, 9.17) is 4.99 Å². The fraction of sp³-hybridized carbons (Fsp3) is 0.350. The summed E-state index contributed by atoms with van der Waals surface area (Å²) in [7, 11) is 2.14. The van der Waals surface area contributed by atoms with Gasteiger partial charge in [-0.05, 0) is 80.2 Å². The van der Waals surface area contributed by atoms with E-state index in [2.05, 4.69) is 93.8 Å². The van der Waals surface area contributed by atoms with Crippen molar-refractivity contribution in [3.63, 3.8) is 0 Å². The van der Waals surface area contributed by atoms with Crippen LogP contribution < -0.4 is 10.2 Å². The third-order valence-corrected chi connectivity index (χ3v) is 9.02. The highest BCUT2D eigenvalue weighted by Gasteiger charge is 2.34. The molecule has 0 bridgehead atoms. The number of rotatable bonds is 12. The number of carbonyl (C=O) groups is 1. The number of amides is 1. The van der Waals surface area contributed by atoms with Gasteiger partial charge in [0.25, 0.3) is 0 Å². The molecule has 1 atom stereocenters. The molecule has 1 unspecified atom stereocenters. The quantitative estimate of drug-likeness (QED) is 0.163. The lowest BCUT2D eigenvalue weighted by Crippen LogP contribution is -2.47. The summed E-state index contributed by atoms with van der Waals surface area (Å²) < 4.78 is 0. The van der Waals surface area contributed by atoms with Gasteiger partial charge in [0.05, 0.1) is 18.2 Å². The van der Waals surface area contributed by atoms with Gasteiger partial charge in [0, 0.05) is 31.4 Å². The van der Waals surface area contributed by atoms with Crippen LogP contribution in [-0.4, -0.2) is 54.9 Å². The average Bonchev–Trinajstić information content (AvgIpc) is 3.62. The predicted octanol–water partition coefficient (Wildman–Crippen LogP) is 8.44. The number of guanidine groups is 1. The first kappa shape index (κ1) is 33.0. The molecule has 6 rings (SSSR count). The highest BCUT2D eigenvalue weighted by molar-refractivity contribution is 6.01. The number of nitrogens with one attached hydrogen (secondary N) is 1. The van der Waals surface area contributed by atoms with Gasteiger partial charge in [-0.15, -0.1) is 0 Å². The van der Waals surface area contributed by atoms with Crippen LogP contribution in [0.1, 0.15) is 63.1 Å². The molecule has 6 heteroatoms. The monoisotopic (exact) mass is 615 g/mol. The smallest absolute Gasteiger partial charge is 0.222 e. The number of unbranched alkanes of at least 4 members (excludes halogenated alkanes) is 2. The van der Waals surface area contributed by atoms with Gasteiger partial charge in [-0.2, -0.15) is 0 Å². The normalized spacial score (nSPS) is 15.9. The van der Waals surface area contributed by atoms with Crippen molar-refractivity contribution in [2.45, 2.75) is 58.5 Å². The molecule has 240 valence electrons. The van der Waals surface area contributed by atoms with Crippen LogP contribution in [0.5, 0.6) is 0 Å². The molecule has 1 saturated heterocycles. The molecule has 0 radical (unpaired) electrons. The Morgan fingerprint density at radius 2 is 1.46 bits per heavy atom. The van der Waals surface area contributed by atoms with Crippen LogP contribution >= 0.6 is 0 Å². The molecule has 1 fully saturated rings. The Balaban J connectivity index is 0.00000417. The molecule has 4 aromatic carbocycles. The van der Waals surface area contributed by atoms with E-state index in [0.717, 1.165) is 41.4 Å². The van der Waals surface area contributed by atoms with Crippen LogP contribution in [0, 0.1) is 0 Å². The van der Waals surface area contributed by atoms with Crippen LogP contribution in [0.25, 0.3) is 11.1 Å². The fourth-order valence-electron chi connectivity index (χ4n) is 6.53. The van der Waals surface area contributed by atoms with E-state index in [9.17, 15) is 4.79 Å². The number of hydrogen-bond acceptors (Lipinski definition) is 5. The molecule has 4 aromatic rings. The highest BCUT2D eigenvalue weighted by atomic mass is 16.1. The number of likely N-dealkylation sites (tertiary alicyclic amines) is 1. The molecule has 2 heterocycles. The third-order valence-electron chi connectivity index (χ3n) is 9.02. The van der Waals surface area contributed by atoms with Gasteiger partial charge in [0.2, 0.25) is 11.9 Å². The second kappa shape index (κ2) is 16.2. The first-order valence-corrected chi connectivity index (χ1v) is 16.5. The summed E-state index contributed by atoms with van der Waals surface area (Å²) in [4.78, 5) is 25.9. The Hall–Kier alpha value is -4.42. The third kappa shape index (κ3) is 8.24. The zero-order chi connectivity index (χ0) is 30.8. The van der Waals surface area contributed by atoms with Gasteiger partial charge in [-0.1, -0.05) is 105 Å². The second-order valence-corrected chi connectivity index (χ2v) is 12.3. The molecule has 2 aliphatic heterocycles. The highest BCUT2D eigenvalue weighted by Crippen LogP contribution is 2.40. The van der Waals surface area contributed by atoms with E-state index < -0.39 is 0 Å². The van der Waals surface area contributed by atoms with Crippen molar-refractivity contribution in [1.29, 1.82) is 0 Å². The van der Waals surface area contributed by atoms with Gasteiger partial charge in [0.1, 0.15) is 0 Å². The van der Waals surface area contributed by atoms with Crippen LogP contribution in [0.4, 0.5) is 11.4 Å².